The van der Waals surface area contributed by atoms with Gasteiger partial charge in [-0.1, -0.05) is 29.8 Å². The molecular weight excluding hydrogens is 561 g/mol. The summed E-state index contributed by atoms with van der Waals surface area (Å²) in [5, 5.41) is 5.98. The number of ketones is 1. The van der Waals surface area contributed by atoms with Gasteiger partial charge in [0.15, 0.2) is 5.78 Å². The Morgan fingerprint density at radius 2 is 1.83 bits per heavy atom. The van der Waals surface area contributed by atoms with E-state index < -0.39 is 11.7 Å². The fraction of sp³-hybridized carbons (Fsp3) is 0.258. The molecule has 0 atom stereocenters. The number of nitrogens with one attached hydrogen (secondary N) is 2. The summed E-state index contributed by atoms with van der Waals surface area (Å²) in [5.41, 5.74) is 2.42. The van der Waals surface area contributed by atoms with Crippen LogP contribution in [0.5, 0.6) is 0 Å². The average molecular weight is 592 g/mol. The van der Waals surface area contributed by atoms with Crippen LogP contribution in [0, 0.1) is 5.82 Å². The molecular formula is C31H31ClFN5O4. The van der Waals surface area contributed by atoms with Crippen molar-refractivity contribution in [3.8, 4) is 0 Å². The molecule has 0 radical (unpaired) electrons. The van der Waals surface area contributed by atoms with Gasteiger partial charge in [0, 0.05) is 65.3 Å². The Balaban J connectivity index is 1.48. The van der Waals surface area contributed by atoms with Crippen LogP contribution >= 0.6 is 11.6 Å². The van der Waals surface area contributed by atoms with Gasteiger partial charge in [-0.3, -0.25) is 24.2 Å². The fourth-order valence-corrected chi connectivity index (χ4v) is 4.72. The summed E-state index contributed by atoms with van der Waals surface area (Å²) in [6, 6.07) is 12.8. The number of aromatic nitrogens is 2. The van der Waals surface area contributed by atoms with Gasteiger partial charge in [0.25, 0.3) is 5.91 Å². The normalized spacial score (nSPS) is 11.0. The number of benzene rings is 2. The molecule has 0 unspecified atom stereocenters. The Labute approximate surface area is 247 Å². The smallest absolute Gasteiger partial charge is 0.251 e. The molecule has 2 aromatic heterocycles. The summed E-state index contributed by atoms with van der Waals surface area (Å²) >= 11 is 5.81. The van der Waals surface area contributed by atoms with Crippen LogP contribution in [0.15, 0.2) is 67.1 Å². The maximum Gasteiger partial charge on any atom is 0.251 e. The summed E-state index contributed by atoms with van der Waals surface area (Å²) in [6.07, 6.45) is 4.90. The van der Waals surface area contributed by atoms with Gasteiger partial charge in [-0.05, 0) is 56.7 Å². The molecule has 11 heteroatoms. The molecule has 0 bridgehead atoms. The lowest BCUT2D eigenvalue weighted by atomic mass is 10.1. The van der Waals surface area contributed by atoms with Gasteiger partial charge in [0.2, 0.25) is 11.8 Å². The van der Waals surface area contributed by atoms with Crippen molar-refractivity contribution in [3.63, 3.8) is 0 Å². The number of carbonyl (C=O) groups is 4. The van der Waals surface area contributed by atoms with Gasteiger partial charge in [-0.2, -0.15) is 0 Å². The minimum Gasteiger partial charge on any atom is -0.350 e. The van der Waals surface area contributed by atoms with Gasteiger partial charge in [-0.25, -0.2) is 4.39 Å². The molecule has 2 N–H and O–H groups in total. The molecule has 0 aliphatic carbocycles. The number of fused-ring (bicyclic) bond motifs is 1. The standard InChI is InChI=1S/C31H31ClFN5O4/c1-19(2)38(17-28(40)35-15-23-7-4-8-26(32)30(23)33)29(41)18-37-16-25(20(3)39)24-12-22(9-10-27(24)37)31(42)36-14-21-6-5-11-34-13-21/h4-13,16,19H,14-15,17-18H2,1-3H3,(H,35,40)(H,36,42). The molecule has 4 rings (SSSR count). The minimum atomic E-state index is -0.605. The lowest BCUT2D eigenvalue weighted by Crippen LogP contribution is -2.45. The maximum absolute atomic E-state index is 14.2. The highest BCUT2D eigenvalue weighted by atomic mass is 35.5. The predicted molar refractivity (Wildman–Crippen MR) is 157 cm³/mol. The van der Waals surface area contributed by atoms with Crippen molar-refractivity contribution in [3.05, 3.63) is 100 Å². The Kier molecular flexibility index (Phi) is 9.69. The second-order valence-electron chi connectivity index (χ2n) is 10.1. The van der Waals surface area contributed by atoms with E-state index in [9.17, 15) is 23.6 Å². The maximum atomic E-state index is 14.2. The number of nitrogens with zero attached hydrogens (tertiary/aromatic N) is 3. The van der Waals surface area contributed by atoms with Crippen LogP contribution in [0.3, 0.4) is 0 Å². The number of halogens is 2. The summed E-state index contributed by atoms with van der Waals surface area (Å²) in [5.74, 6) is -1.94. The minimum absolute atomic E-state index is 0.0397. The van der Waals surface area contributed by atoms with Gasteiger partial charge < -0.3 is 20.1 Å². The van der Waals surface area contributed by atoms with Crippen molar-refractivity contribution in [1.82, 2.24) is 25.1 Å². The molecule has 2 heterocycles. The number of pyridine rings is 1. The van der Waals surface area contributed by atoms with Crippen molar-refractivity contribution in [2.75, 3.05) is 6.54 Å². The van der Waals surface area contributed by atoms with Crippen LogP contribution < -0.4 is 10.6 Å². The molecule has 4 aromatic rings. The second kappa shape index (κ2) is 13.4. The third kappa shape index (κ3) is 7.19. The topological polar surface area (TPSA) is 113 Å². The molecule has 3 amide bonds. The Morgan fingerprint density at radius 3 is 2.52 bits per heavy atom. The Bertz CT molecular complexity index is 1640. The molecule has 0 fully saturated rings. The lowest BCUT2D eigenvalue weighted by Gasteiger charge is -2.26. The number of carbonyl (C=O) groups excluding carboxylic acids is 4. The highest BCUT2D eigenvalue weighted by Crippen LogP contribution is 2.24. The zero-order valence-corrected chi connectivity index (χ0v) is 24.2. The van der Waals surface area contributed by atoms with Crippen molar-refractivity contribution in [2.45, 2.75) is 46.4 Å². The van der Waals surface area contributed by atoms with E-state index in [1.165, 1.54) is 24.0 Å². The molecule has 42 heavy (non-hydrogen) atoms. The van der Waals surface area contributed by atoms with Crippen LogP contribution in [0.1, 0.15) is 52.6 Å². The molecule has 218 valence electrons. The van der Waals surface area contributed by atoms with Crippen molar-refractivity contribution in [1.29, 1.82) is 0 Å². The molecule has 0 saturated carbocycles. The van der Waals surface area contributed by atoms with E-state index in [1.807, 2.05) is 6.07 Å². The predicted octanol–water partition coefficient (Wildman–Crippen LogP) is 4.51. The zero-order valence-electron chi connectivity index (χ0n) is 23.5. The van der Waals surface area contributed by atoms with Crippen molar-refractivity contribution in [2.24, 2.45) is 0 Å². The first kappa shape index (κ1) is 30.4. The first-order valence-corrected chi connectivity index (χ1v) is 13.7. The fourth-order valence-electron chi connectivity index (χ4n) is 4.52. The largest absolute Gasteiger partial charge is 0.350 e. The van der Waals surface area contributed by atoms with Gasteiger partial charge in [-0.15, -0.1) is 0 Å². The van der Waals surface area contributed by atoms with Crippen LogP contribution in [-0.4, -0.2) is 50.5 Å². The number of amides is 3. The molecule has 0 saturated heterocycles. The van der Waals surface area contributed by atoms with Crippen molar-refractivity contribution >= 4 is 46.0 Å². The van der Waals surface area contributed by atoms with E-state index in [4.69, 9.17) is 11.6 Å². The molecule has 0 spiro atoms. The second-order valence-corrected chi connectivity index (χ2v) is 10.5. The van der Waals surface area contributed by atoms with Gasteiger partial charge >= 0.3 is 0 Å². The van der Waals surface area contributed by atoms with Crippen LogP contribution in [0.4, 0.5) is 4.39 Å². The van der Waals surface area contributed by atoms with Gasteiger partial charge in [0.1, 0.15) is 12.4 Å². The molecule has 0 aliphatic heterocycles. The Morgan fingerprint density at radius 1 is 1.05 bits per heavy atom. The van der Waals surface area contributed by atoms with Crippen LogP contribution in [0.25, 0.3) is 10.9 Å². The van der Waals surface area contributed by atoms with E-state index in [1.54, 1.807) is 67.3 Å². The number of hydrogen-bond acceptors (Lipinski definition) is 5. The number of hydrogen-bond donors (Lipinski definition) is 2. The number of rotatable bonds is 11. The molecule has 9 nitrogen and oxygen atoms in total. The molecule has 0 aliphatic rings. The van der Waals surface area contributed by atoms with E-state index in [0.29, 0.717) is 28.6 Å². The SMILES string of the molecule is CC(=O)c1cn(CC(=O)N(CC(=O)NCc2cccc(Cl)c2F)C(C)C)c2ccc(C(=O)NCc3cccnc3)cc12. The van der Waals surface area contributed by atoms with Crippen LogP contribution in [0.2, 0.25) is 5.02 Å². The van der Waals surface area contributed by atoms with E-state index in [0.717, 1.165) is 5.56 Å². The Hall–Kier alpha value is -4.57. The third-order valence-electron chi connectivity index (χ3n) is 6.77. The third-order valence-corrected chi connectivity index (χ3v) is 7.06. The van der Waals surface area contributed by atoms with Crippen molar-refractivity contribution < 1.29 is 23.6 Å². The van der Waals surface area contributed by atoms with E-state index >= 15 is 0 Å². The average Bonchev–Trinajstić information content (AvgIpc) is 3.33. The summed E-state index contributed by atoms with van der Waals surface area (Å²) < 4.78 is 15.8. The first-order valence-electron chi connectivity index (χ1n) is 13.3. The summed E-state index contributed by atoms with van der Waals surface area (Å²) in [4.78, 5) is 56.8. The van der Waals surface area contributed by atoms with E-state index in [-0.39, 0.29) is 53.9 Å². The summed E-state index contributed by atoms with van der Waals surface area (Å²) in [6.45, 7) is 4.84. The monoisotopic (exact) mass is 591 g/mol. The number of Topliss-reactive ketones (excluding diaryl/α,β-unsaturated/α-hetero) is 1. The molecule has 2 aromatic carbocycles. The van der Waals surface area contributed by atoms with Crippen LogP contribution in [-0.2, 0) is 29.2 Å². The highest BCUT2D eigenvalue weighted by Gasteiger charge is 2.23. The zero-order chi connectivity index (χ0) is 30.4. The first-order chi connectivity index (χ1) is 20.0. The van der Waals surface area contributed by atoms with Gasteiger partial charge in [0.05, 0.1) is 11.6 Å². The van der Waals surface area contributed by atoms with E-state index in [2.05, 4.69) is 15.6 Å². The quantitative estimate of drug-likeness (QED) is 0.249. The summed E-state index contributed by atoms with van der Waals surface area (Å²) in [7, 11) is 0. The lowest BCUT2D eigenvalue weighted by molar-refractivity contribution is -0.138. The highest BCUT2D eigenvalue weighted by molar-refractivity contribution is 6.30.